The molecule has 0 aromatic heterocycles. The van der Waals surface area contributed by atoms with Crippen LogP contribution in [-0.2, 0) is 6.54 Å². The molecule has 4 nitrogen and oxygen atoms in total. The summed E-state index contributed by atoms with van der Waals surface area (Å²) >= 11 is 3.88. The summed E-state index contributed by atoms with van der Waals surface area (Å²) in [6.45, 7) is 4.06. The van der Waals surface area contributed by atoms with Gasteiger partial charge in [-0.25, -0.2) is 0 Å². The molecule has 0 bridgehead atoms. The third-order valence-electron chi connectivity index (χ3n) is 3.59. The summed E-state index contributed by atoms with van der Waals surface area (Å²) < 4.78 is 0. The van der Waals surface area contributed by atoms with Crippen molar-refractivity contribution in [1.82, 2.24) is 10.6 Å². The molecule has 2 N–H and O–H groups in total. The number of benzene rings is 1. The van der Waals surface area contributed by atoms with E-state index in [1.54, 1.807) is 0 Å². The summed E-state index contributed by atoms with van der Waals surface area (Å²) in [4.78, 5) is 6.71. The number of aliphatic imine (C=N–C) groups is 1. The highest BCUT2D eigenvalue weighted by Gasteiger charge is 2.10. The number of thioether (sulfide) groups is 2. The van der Waals surface area contributed by atoms with E-state index < -0.39 is 0 Å². The highest BCUT2D eigenvalue weighted by molar-refractivity contribution is 7.99. The van der Waals surface area contributed by atoms with E-state index in [2.05, 4.69) is 51.0 Å². The van der Waals surface area contributed by atoms with E-state index in [1.165, 1.54) is 22.8 Å². The van der Waals surface area contributed by atoms with Crippen LogP contribution in [0.3, 0.4) is 0 Å². The van der Waals surface area contributed by atoms with Crippen molar-refractivity contribution in [2.75, 3.05) is 55.1 Å². The molecule has 1 heterocycles. The van der Waals surface area contributed by atoms with Crippen LogP contribution in [0.1, 0.15) is 5.56 Å². The van der Waals surface area contributed by atoms with Crippen LogP contribution in [0.25, 0.3) is 0 Å². The van der Waals surface area contributed by atoms with Crippen LogP contribution in [0.15, 0.2) is 29.3 Å². The third kappa shape index (κ3) is 5.65. The lowest BCUT2D eigenvalue weighted by molar-refractivity contribution is 0.830. The molecular formula is C16H26N4S2. The Morgan fingerprint density at radius 3 is 2.59 bits per heavy atom. The van der Waals surface area contributed by atoms with Gasteiger partial charge in [-0.3, -0.25) is 4.99 Å². The van der Waals surface area contributed by atoms with Crippen LogP contribution in [0, 0.1) is 0 Å². The molecule has 0 aliphatic carbocycles. The van der Waals surface area contributed by atoms with E-state index in [9.17, 15) is 0 Å². The Balaban J connectivity index is 1.80. The Kier molecular flexibility index (Phi) is 7.80. The Hall–Kier alpha value is -1.01. The minimum Gasteiger partial charge on any atom is -0.370 e. The summed E-state index contributed by atoms with van der Waals surface area (Å²) in [6.07, 6.45) is 2.11. The summed E-state index contributed by atoms with van der Waals surface area (Å²) in [5.74, 6) is 4.43. The molecule has 0 radical (unpaired) electrons. The fourth-order valence-electron chi connectivity index (χ4n) is 2.32. The van der Waals surface area contributed by atoms with Crippen molar-refractivity contribution in [3.8, 4) is 0 Å². The minimum atomic E-state index is 0.801. The highest BCUT2D eigenvalue weighted by atomic mass is 32.2. The molecule has 1 aliphatic heterocycles. The number of nitrogens with zero attached hydrogens (tertiary/aromatic N) is 2. The summed E-state index contributed by atoms with van der Waals surface area (Å²) in [6, 6.07) is 8.88. The topological polar surface area (TPSA) is 39.7 Å². The molecule has 1 aromatic rings. The first kappa shape index (κ1) is 17.3. The molecule has 0 saturated carbocycles. The van der Waals surface area contributed by atoms with Gasteiger partial charge in [0.2, 0.25) is 0 Å². The highest BCUT2D eigenvalue weighted by Crippen LogP contribution is 2.19. The maximum Gasteiger partial charge on any atom is 0.191 e. The number of guanidine groups is 1. The lowest BCUT2D eigenvalue weighted by atomic mass is 10.2. The van der Waals surface area contributed by atoms with Gasteiger partial charge in [-0.15, -0.1) is 0 Å². The predicted molar refractivity (Wildman–Crippen MR) is 103 cm³/mol. The molecule has 1 fully saturated rings. The second-order valence-electron chi connectivity index (χ2n) is 5.11. The van der Waals surface area contributed by atoms with Crippen molar-refractivity contribution >= 4 is 35.2 Å². The molecule has 1 saturated heterocycles. The summed E-state index contributed by atoms with van der Waals surface area (Å²) in [5, 5.41) is 6.67. The van der Waals surface area contributed by atoms with E-state index in [0.29, 0.717) is 0 Å². The second kappa shape index (κ2) is 9.90. The standard InChI is InChI=1S/C16H26N4S2/c1-17-16(18-7-10-21-2)19-13-14-3-5-15(6-4-14)20-8-11-22-12-9-20/h3-6H,7-13H2,1-2H3,(H2,17,18,19). The van der Waals surface area contributed by atoms with Crippen LogP contribution >= 0.6 is 23.5 Å². The van der Waals surface area contributed by atoms with Gasteiger partial charge in [0.25, 0.3) is 0 Å². The zero-order chi connectivity index (χ0) is 15.6. The first-order valence-corrected chi connectivity index (χ1v) is 10.2. The normalized spacial score (nSPS) is 15.7. The van der Waals surface area contributed by atoms with E-state index >= 15 is 0 Å². The monoisotopic (exact) mass is 338 g/mol. The van der Waals surface area contributed by atoms with Gasteiger partial charge in [-0.05, 0) is 24.0 Å². The first-order valence-electron chi connectivity index (χ1n) is 7.68. The number of rotatable bonds is 6. The molecule has 122 valence electrons. The zero-order valence-electron chi connectivity index (χ0n) is 13.5. The number of anilines is 1. The Bertz CT molecular complexity index is 456. The molecular weight excluding hydrogens is 312 g/mol. The van der Waals surface area contributed by atoms with Crippen LogP contribution in [-0.4, -0.2) is 56.2 Å². The van der Waals surface area contributed by atoms with Gasteiger partial charge in [-0.1, -0.05) is 12.1 Å². The van der Waals surface area contributed by atoms with E-state index in [-0.39, 0.29) is 0 Å². The fourth-order valence-corrected chi connectivity index (χ4v) is 3.53. The molecule has 0 spiro atoms. The smallest absolute Gasteiger partial charge is 0.191 e. The molecule has 1 aromatic carbocycles. The zero-order valence-corrected chi connectivity index (χ0v) is 15.1. The molecule has 0 amide bonds. The van der Waals surface area contributed by atoms with Gasteiger partial charge in [-0.2, -0.15) is 23.5 Å². The molecule has 1 aliphatic rings. The number of nitrogens with one attached hydrogen (secondary N) is 2. The van der Waals surface area contributed by atoms with Crippen LogP contribution in [0.2, 0.25) is 0 Å². The molecule has 2 rings (SSSR count). The van der Waals surface area contributed by atoms with Gasteiger partial charge in [0.1, 0.15) is 0 Å². The van der Waals surface area contributed by atoms with Gasteiger partial charge < -0.3 is 15.5 Å². The molecule has 0 atom stereocenters. The Labute approximate surface area is 142 Å². The summed E-state index contributed by atoms with van der Waals surface area (Å²) in [5.41, 5.74) is 2.62. The third-order valence-corrected chi connectivity index (χ3v) is 5.15. The van der Waals surface area contributed by atoms with Gasteiger partial charge in [0.05, 0.1) is 0 Å². The lowest BCUT2D eigenvalue weighted by Crippen LogP contribution is -2.37. The van der Waals surface area contributed by atoms with Crippen molar-refractivity contribution < 1.29 is 0 Å². The van der Waals surface area contributed by atoms with Crippen molar-refractivity contribution in [3.63, 3.8) is 0 Å². The maximum absolute atomic E-state index is 4.24. The van der Waals surface area contributed by atoms with Gasteiger partial charge in [0.15, 0.2) is 5.96 Å². The van der Waals surface area contributed by atoms with Crippen LogP contribution in [0.4, 0.5) is 5.69 Å². The lowest BCUT2D eigenvalue weighted by Gasteiger charge is -2.28. The average Bonchev–Trinajstić information content (AvgIpc) is 2.59. The quantitative estimate of drug-likeness (QED) is 0.473. The largest absolute Gasteiger partial charge is 0.370 e. The average molecular weight is 339 g/mol. The SMILES string of the molecule is CN=C(NCCSC)NCc1ccc(N2CCSCC2)cc1. The van der Waals surface area contributed by atoms with Crippen molar-refractivity contribution in [2.45, 2.75) is 6.54 Å². The van der Waals surface area contributed by atoms with Crippen molar-refractivity contribution in [1.29, 1.82) is 0 Å². The van der Waals surface area contributed by atoms with Crippen LogP contribution in [0.5, 0.6) is 0 Å². The summed E-state index contributed by atoms with van der Waals surface area (Å²) in [7, 11) is 1.81. The van der Waals surface area contributed by atoms with Crippen molar-refractivity contribution in [2.24, 2.45) is 4.99 Å². The van der Waals surface area contributed by atoms with E-state index in [1.807, 2.05) is 30.6 Å². The molecule has 22 heavy (non-hydrogen) atoms. The van der Waals surface area contributed by atoms with Gasteiger partial charge >= 0.3 is 0 Å². The van der Waals surface area contributed by atoms with Gasteiger partial charge in [0, 0.05) is 56.2 Å². The Morgan fingerprint density at radius 1 is 1.23 bits per heavy atom. The maximum atomic E-state index is 4.24. The predicted octanol–water partition coefficient (Wildman–Crippen LogP) is 2.27. The second-order valence-corrected chi connectivity index (χ2v) is 7.32. The minimum absolute atomic E-state index is 0.801. The fraction of sp³-hybridized carbons (Fsp3) is 0.562. The van der Waals surface area contributed by atoms with Crippen molar-refractivity contribution in [3.05, 3.63) is 29.8 Å². The first-order chi connectivity index (χ1) is 10.8. The molecule has 6 heteroatoms. The number of hydrogen-bond donors (Lipinski definition) is 2. The van der Waals surface area contributed by atoms with Crippen LogP contribution < -0.4 is 15.5 Å². The molecule has 0 unspecified atom stereocenters. The number of hydrogen-bond acceptors (Lipinski definition) is 4. The Morgan fingerprint density at radius 2 is 1.95 bits per heavy atom. The van der Waals surface area contributed by atoms with E-state index in [4.69, 9.17) is 0 Å². The van der Waals surface area contributed by atoms with E-state index in [0.717, 1.165) is 37.9 Å².